The van der Waals surface area contributed by atoms with E-state index in [1.807, 2.05) is 6.92 Å². The summed E-state index contributed by atoms with van der Waals surface area (Å²) in [5.74, 6) is -0.0741. The SMILES string of the molecule is CCC(C)(OC)C(=O)N1CCCO1. The van der Waals surface area contributed by atoms with Gasteiger partial charge in [-0.3, -0.25) is 9.63 Å². The Balaban J connectivity index is 2.63. The molecule has 1 unspecified atom stereocenters. The minimum absolute atomic E-state index is 0.0741. The molecule has 1 rings (SSSR count). The smallest absolute Gasteiger partial charge is 0.278 e. The van der Waals surface area contributed by atoms with E-state index < -0.39 is 5.60 Å². The molecule has 4 heteroatoms. The van der Waals surface area contributed by atoms with Crippen LogP contribution in [0.4, 0.5) is 0 Å². The van der Waals surface area contributed by atoms with E-state index in [9.17, 15) is 4.79 Å². The molecule has 4 nitrogen and oxygen atoms in total. The maximum absolute atomic E-state index is 11.8. The number of hydroxylamine groups is 2. The summed E-state index contributed by atoms with van der Waals surface area (Å²) in [6, 6.07) is 0. The molecule has 1 aliphatic heterocycles. The third-order valence-corrected chi connectivity index (χ3v) is 2.56. The van der Waals surface area contributed by atoms with Crippen LogP contribution < -0.4 is 0 Å². The lowest BCUT2D eigenvalue weighted by atomic mass is 10.0. The summed E-state index contributed by atoms with van der Waals surface area (Å²) in [6.07, 6.45) is 1.57. The van der Waals surface area contributed by atoms with Crippen molar-refractivity contribution >= 4 is 5.91 Å². The molecular formula is C9H17NO3. The van der Waals surface area contributed by atoms with Crippen LogP contribution in [0, 0.1) is 0 Å². The highest BCUT2D eigenvalue weighted by Crippen LogP contribution is 2.20. The first kappa shape index (κ1) is 10.5. The summed E-state index contributed by atoms with van der Waals surface area (Å²) in [5.41, 5.74) is -0.732. The van der Waals surface area contributed by atoms with Gasteiger partial charge in [0.1, 0.15) is 5.60 Å². The molecule has 1 amide bonds. The fourth-order valence-electron chi connectivity index (χ4n) is 1.25. The standard InChI is InChI=1S/C9H17NO3/c1-4-9(2,12-3)8(11)10-6-5-7-13-10/h4-7H2,1-3H3. The van der Waals surface area contributed by atoms with E-state index in [-0.39, 0.29) is 5.91 Å². The van der Waals surface area contributed by atoms with Crippen LogP contribution in [0.2, 0.25) is 0 Å². The van der Waals surface area contributed by atoms with Gasteiger partial charge in [0, 0.05) is 7.11 Å². The van der Waals surface area contributed by atoms with Crippen molar-refractivity contribution < 1.29 is 14.4 Å². The van der Waals surface area contributed by atoms with Crippen LogP contribution in [-0.2, 0) is 14.4 Å². The van der Waals surface area contributed by atoms with Gasteiger partial charge in [0.05, 0.1) is 13.2 Å². The zero-order valence-electron chi connectivity index (χ0n) is 8.50. The van der Waals surface area contributed by atoms with Gasteiger partial charge in [-0.1, -0.05) is 6.92 Å². The third-order valence-electron chi connectivity index (χ3n) is 2.56. The highest BCUT2D eigenvalue weighted by Gasteiger charge is 2.37. The summed E-state index contributed by atoms with van der Waals surface area (Å²) >= 11 is 0. The predicted octanol–water partition coefficient (Wildman–Crippen LogP) is 0.965. The average Bonchev–Trinajstić information content (AvgIpc) is 2.68. The van der Waals surface area contributed by atoms with E-state index in [1.54, 1.807) is 14.0 Å². The van der Waals surface area contributed by atoms with Gasteiger partial charge in [-0.2, -0.15) is 0 Å². The molecule has 0 saturated carbocycles. The van der Waals surface area contributed by atoms with Crippen LogP contribution in [-0.4, -0.2) is 36.8 Å². The Morgan fingerprint density at radius 2 is 2.38 bits per heavy atom. The highest BCUT2D eigenvalue weighted by atomic mass is 16.7. The predicted molar refractivity (Wildman–Crippen MR) is 48.0 cm³/mol. The molecule has 1 atom stereocenters. The van der Waals surface area contributed by atoms with Crippen molar-refractivity contribution in [2.75, 3.05) is 20.3 Å². The molecule has 0 aromatic heterocycles. The Bertz CT molecular complexity index is 183. The van der Waals surface area contributed by atoms with Crippen LogP contribution in [0.25, 0.3) is 0 Å². The monoisotopic (exact) mass is 187 g/mol. The molecule has 0 aliphatic carbocycles. The molecule has 0 aromatic rings. The van der Waals surface area contributed by atoms with Gasteiger partial charge >= 0.3 is 0 Å². The van der Waals surface area contributed by atoms with Crippen molar-refractivity contribution in [2.45, 2.75) is 32.3 Å². The summed E-state index contributed by atoms with van der Waals surface area (Å²) in [4.78, 5) is 17.0. The lowest BCUT2D eigenvalue weighted by molar-refractivity contribution is -0.190. The number of ether oxygens (including phenoxy) is 1. The normalized spacial score (nSPS) is 21.6. The van der Waals surface area contributed by atoms with E-state index in [1.165, 1.54) is 5.06 Å². The van der Waals surface area contributed by atoms with E-state index >= 15 is 0 Å². The molecular weight excluding hydrogens is 170 g/mol. The largest absolute Gasteiger partial charge is 0.369 e. The number of methoxy groups -OCH3 is 1. The molecule has 1 saturated heterocycles. The van der Waals surface area contributed by atoms with Crippen molar-refractivity contribution in [3.05, 3.63) is 0 Å². The van der Waals surface area contributed by atoms with Crippen LogP contribution in [0.1, 0.15) is 26.7 Å². The van der Waals surface area contributed by atoms with Gasteiger partial charge in [-0.25, -0.2) is 5.06 Å². The van der Waals surface area contributed by atoms with Crippen LogP contribution in [0.15, 0.2) is 0 Å². The zero-order valence-corrected chi connectivity index (χ0v) is 8.50. The first-order valence-corrected chi connectivity index (χ1v) is 4.64. The summed E-state index contributed by atoms with van der Waals surface area (Å²) in [5, 5.41) is 1.41. The second kappa shape index (κ2) is 4.07. The molecule has 1 heterocycles. The van der Waals surface area contributed by atoms with Crippen molar-refractivity contribution in [3.8, 4) is 0 Å². The number of hydrogen-bond acceptors (Lipinski definition) is 3. The Kier molecular flexibility index (Phi) is 3.27. The third kappa shape index (κ3) is 2.00. The molecule has 1 fully saturated rings. The second-order valence-corrected chi connectivity index (χ2v) is 3.38. The minimum atomic E-state index is -0.732. The first-order valence-electron chi connectivity index (χ1n) is 4.64. The molecule has 13 heavy (non-hydrogen) atoms. The van der Waals surface area contributed by atoms with Crippen molar-refractivity contribution in [2.24, 2.45) is 0 Å². The van der Waals surface area contributed by atoms with Crippen molar-refractivity contribution in [1.82, 2.24) is 5.06 Å². The minimum Gasteiger partial charge on any atom is -0.369 e. The summed E-state index contributed by atoms with van der Waals surface area (Å²) in [6.45, 7) is 5.03. The fourth-order valence-corrected chi connectivity index (χ4v) is 1.25. The van der Waals surface area contributed by atoms with Crippen LogP contribution >= 0.6 is 0 Å². The van der Waals surface area contributed by atoms with Gasteiger partial charge in [0.2, 0.25) is 0 Å². The number of amides is 1. The van der Waals surface area contributed by atoms with Crippen LogP contribution in [0.3, 0.4) is 0 Å². The molecule has 76 valence electrons. The lowest BCUT2D eigenvalue weighted by Gasteiger charge is -2.28. The second-order valence-electron chi connectivity index (χ2n) is 3.38. The first-order chi connectivity index (χ1) is 6.14. The van der Waals surface area contributed by atoms with E-state index in [2.05, 4.69) is 0 Å². The Labute approximate surface area is 78.8 Å². The van der Waals surface area contributed by atoms with Gasteiger partial charge < -0.3 is 4.74 Å². The maximum Gasteiger partial charge on any atom is 0.278 e. The highest BCUT2D eigenvalue weighted by molar-refractivity contribution is 5.84. The molecule has 0 spiro atoms. The Morgan fingerprint density at radius 3 is 2.77 bits per heavy atom. The molecule has 0 radical (unpaired) electrons. The number of carbonyl (C=O) groups excluding carboxylic acids is 1. The Morgan fingerprint density at radius 1 is 1.69 bits per heavy atom. The maximum atomic E-state index is 11.8. The van der Waals surface area contributed by atoms with Gasteiger partial charge in [0.15, 0.2) is 0 Å². The fraction of sp³-hybridized carbons (Fsp3) is 0.889. The molecule has 0 bridgehead atoms. The summed E-state index contributed by atoms with van der Waals surface area (Å²) < 4.78 is 5.19. The van der Waals surface area contributed by atoms with Gasteiger partial charge in [-0.15, -0.1) is 0 Å². The molecule has 1 aliphatic rings. The number of rotatable bonds is 3. The topological polar surface area (TPSA) is 38.8 Å². The van der Waals surface area contributed by atoms with Gasteiger partial charge in [0.25, 0.3) is 5.91 Å². The van der Waals surface area contributed by atoms with E-state index in [0.29, 0.717) is 19.6 Å². The number of hydrogen-bond donors (Lipinski definition) is 0. The zero-order chi connectivity index (χ0) is 9.90. The quantitative estimate of drug-likeness (QED) is 0.660. The van der Waals surface area contributed by atoms with Gasteiger partial charge in [-0.05, 0) is 19.8 Å². The Hall–Kier alpha value is -0.610. The molecule has 0 N–H and O–H groups in total. The summed E-state index contributed by atoms with van der Waals surface area (Å²) in [7, 11) is 1.55. The number of nitrogens with zero attached hydrogens (tertiary/aromatic N) is 1. The lowest BCUT2D eigenvalue weighted by Crippen LogP contribution is -2.46. The van der Waals surface area contributed by atoms with Crippen molar-refractivity contribution in [1.29, 1.82) is 0 Å². The van der Waals surface area contributed by atoms with E-state index in [4.69, 9.17) is 9.57 Å². The average molecular weight is 187 g/mol. The van der Waals surface area contributed by atoms with Crippen molar-refractivity contribution in [3.63, 3.8) is 0 Å². The van der Waals surface area contributed by atoms with Crippen LogP contribution in [0.5, 0.6) is 0 Å². The van der Waals surface area contributed by atoms with E-state index in [0.717, 1.165) is 6.42 Å². The number of carbonyl (C=O) groups is 1. The molecule has 0 aromatic carbocycles.